The van der Waals surface area contributed by atoms with Crippen LogP contribution < -0.4 is 10.6 Å². The molecule has 0 fully saturated rings. The first-order valence-electron chi connectivity index (χ1n) is 7.80. The van der Waals surface area contributed by atoms with E-state index in [1.54, 1.807) is 0 Å². The van der Waals surface area contributed by atoms with Crippen LogP contribution in [0.2, 0.25) is 0 Å². The van der Waals surface area contributed by atoms with E-state index in [1.165, 1.54) is 5.56 Å². The Kier molecular flexibility index (Phi) is 5.11. The van der Waals surface area contributed by atoms with Crippen molar-refractivity contribution >= 4 is 33.4 Å². The SMILES string of the molecule is Cc1cc(NC(C)c2ccccc2)nc(Nc2ccc(Br)cc2)n1. The number of anilines is 3. The number of aromatic nitrogens is 2. The quantitative estimate of drug-likeness (QED) is 0.614. The van der Waals surface area contributed by atoms with Gasteiger partial charge in [-0.2, -0.15) is 4.98 Å². The normalized spacial score (nSPS) is 11.8. The molecular weight excluding hydrogens is 364 g/mol. The van der Waals surface area contributed by atoms with Crippen molar-refractivity contribution in [2.24, 2.45) is 0 Å². The van der Waals surface area contributed by atoms with Crippen molar-refractivity contribution < 1.29 is 0 Å². The Morgan fingerprint density at radius 3 is 2.38 bits per heavy atom. The molecule has 0 aliphatic carbocycles. The van der Waals surface area contributed by atoms with Crippen LogP contribution in [0.3, 0.4) is 0 Å². The molecule has 3 aromatic rings. The Morgan fingerprint density at radius 1 is 0.958 bits per heavy atom. The Hall–Kier alpha value is -2.40. The second kappa shape index (κ2) is 7.45. The Bertz CT molecular complexity index is 803. The summed E-state index contributed by atoms with van der Waals surface area (Å²) in [6, 6.07) is 20.4. The van der Waals surface area contributed by atoms with Crippen molar-refractivity contribution in [2.75, 3.05) is 10.6 Å². The van der Waals surface area contributed by atoms with Crippen LogP contribution >= 0.6 is 15.9 Å². The van der Waals surface area contributed by atoms with E-state index in [4.69, 9.17) is 0 Å². The van der Waals surface area contributed by atoms with Gasteiger partial charge in [0.2, 0.25) is 5.95 Å². The summed E-state index contributed by atoms with van der Waals surface area (Å²) < 4.78 is 1.04. The first-order valence-corrected chi connectivity index (χ1v) is 8.59. The number of nitrogens with one attached hydrogen (secondary N) is 2. The topological polar surface area (TPSA) is 49.8 Å². The summed E-state index contributed by atoms with van der Waals surface area (Å²) in [6.45, 7) is 4.08. The molecule has 1 unspecified atom stereocenters. The van der Waals surface area contributed by atoms with Gasteiger partial charge in [0.05, 0.1) is 0 Å². The predicted octanol–water partition coefficient (Wildman–Crippen LogP) is 5.46. The molecule has 5 heteroatoms. The maximum Gasteiger partial charge on any atom is 0.229 e. The summed E-state index contributed by atoms with van der Waals surface area (Å²) in [5.41, 5.74) is 3.08. The van der Waals surface area contributed by atoms with Gasteiger partial charge in [0.25, 0.3) is 0 Å². The zero-order chi connectivity index (χ0) is 16.9. The third-order valence-corrected chi connectivity index (χ3v) is 4.15. The number of benzene rings is 2. The monoisotopic (exact) mass is 382 g/mol. The van der Waals surface area contributed by atoms with Gasteiger partial charge >= 0.3 is 0 Å². The smallest absolute Gasteiger partial charge is 0.229 e. The fourth-order valence-corrected chi connectivity index (χ4v) is 2.67. The lowest BCUT2D eigenvalue weighted by Gasteiger charge is -2.16. The minimum Gasteiger partial charge on any atom is -0.363 e. The lowest BCUT2D eigenvalue weighted by atomic mass is 10.1. The number of halogens is 1. The standard InChI is InChI=1S/C19H19BrN4/c1-13-12-18(22-14(2)15-6-4-3-5-7-15)24-19(21-13)23-17-10-8-16(20)9-11-17/h3-12,14H,1-2H3,(H2,21,22,23,24). The van der Waals surface area contributed by atoms with Crippen LogP contribution in [0.25, 0.3) is 0 Å². The molecular formula is C19H19BrN4. The van der Waals surface area contributed by atoms with E-state index in [-0.39, 0.29) is 6.04 Å². The van der Waals surface area contributed by atoms with Crippen molar-refractivity contribution in [3.05, 3.63) is 76.4 Å². The fourth-order valence-electron chi connectivity index (χ4n) is 2.41. The van der Waals surface area contributed by atoms with E-state index < -0.39 is 0 Å². The molecule has 2 aromatic carbocycles. The van der Waals surface area contributed by atoms with Crippen LogP contribution in [0.1, 0.15) is 24.2 Å². The van der Waals surface area contributed by atoms with Crippen molar-refractivity contribution in [2.45, 2.75) is 19.9 Å². The molecule has 24 heavy (non-hydrogen) atoms. The first-order chi connectivity index (χ1) is 11.6. The number of hydrogen-bond donors (Lipinski definition) is 2. The Morgan fingerprint density at radius 2 is 1.67 bits per heavy atom. The van der Waals surface area contributed by atoms with E-state index in [1.807, 2.05) is 55.5 Å². The van der Waals surface area contributed by atoms with Gasteiger partial charge in [0.1, 0.15) is 5.82 Å². The van der Waals surface area contributed by atoms with Gasteiger partial charge in [0, 0.05) is 28.0 Å². The molecule has 122 valence electrons. The maximum atomic E-state index is 4.57. The van der Waals surface area contributed by atoms with E-state index in [0.717, 1.165) is 21.7 Å². The van der Waals surface area contributed by atoms with E-state index in [2.05, 4.69) is 55.6 Å². The highest BCUT2D eigenvalue weighted by atomic mass is 79.9. The third kappa shape index (κ3) is 4.32. The zero-order valence-corrected chi connectivity index (χ0v) is 15.2. The highest BCUT2D eigenvalue weighted by Crippen LogP contribution is 2.21. The average molecular weight is 383 g/mol. The summed E-state index contributed by atoms with van der Waals surface area (Å²) in [6.07, 6.45) is 0. The average Bonchev–Trinajstić information content (AvgIpc) is 2.57. The number of aryl methyl sites for hydroxylation is 1. The van der Waals surface area contributed by atoms with Crippen LogP contribution in [0.5, 0.6) is 0 Å². The summed E-state index contributed by atoms with van der Waals surface area (Å²) >= 11 is 3.43. The molecule has 0 radical (unpaired) electrons. The number of nitrogens with zero attached hydrogens (tertiary/aromatic N) is 2. The van der Waals surface area contributed by atoms with Crippen LogP contribution in [0.15, 0.2) is 65.1 Å². The molecule has 0 spiro atoms. The van der Waals surface area contributed by atoms with Gasteiger partial charge in [0.15, 0.2) is 0 Å². The Labute approximate surface area is 150 Å². The van der Waals surface area contributed by atoms with E-state index >= 15 is 0 Å². The van der Waals surface area contributed by atoms with Crippen LogP contribution in [0, 0.1) is 6.92 Å². The van der Waals surface area contributed by atoms with Gasteiger partial charge in [-0.1, -0.05) is 46.3 Å². The first kappa shape index (κ1) is 16.5. The number of hydrogen-bond acceptors (Lipinski definition) is 4. The molecule has 0 bridgehead atoms. The molecule has 0 saturated carbocycles. The highest BCUT2D eigenvalue weighted by Gasteiger charge is 2.08. The minimum atomic E-state index is 0.168. The summed E-state index contributed by atoms with van der Waals surface area (Å²) in [4.78, 5) is 9.03. The molecule has 0 aliphatic heterocycles. The van der Waals surface area contributed by atoms with Crippen molar-refractivity contribution in [1.29, 1.82) is 0 Å². The molecule has 1 aromatic heterocycles. The van der Waals surface area contributed by atoms with Gasteiger partial charge < -0.3 is 10.6 Å². The largest absolute Gasteiger partial charge is 0.363 e. The molecule has 0 amide bonds. The van der Waals surface area contributed by atoms with E-state index in [9.17, 15) is 0 Å². The molecule has 3 rings (SSSR count). The molecule has 0 saturated heterocycles. The summed E-state index contributed by atoms with van der Waals surface area (Å²) in [7, 11) is 0. The molecule has 0 aliphatic rings. The van der Waals surface area contributed by atoms with Gasteiger partial charge in [-0.05, 0) is 43.7 Å². The predicted molar refractivity (Wildman–Crippen MR) is 103 cm³/mol. The van der Waals surface area contributed by atoms with E-state index in [0.29, 0.717) is 5.95 Å². The molecule has 1 heterocycles. The van der Waals surface area contributed by atoms with Gasteiger partial charge in [-0.25, -0.2) is 4.98 Å². The number of rotatable bonds is 5. The summed E-state index contributed by atoms with van der Waals surface area (Å²) in [5, 5.41) is 6.68. The second-order valence-electron chi connectivity index (χ2n) is 5.63. The van der Waals surface area contributed by atoms with Crippen molar-refractivity contribution in [3.63, 3.8) is 0 Å². The molecule has 4 nitrogen and oxygen atoms in total. The maximum absolute atomic E-state index is 4.57. The van der Waals surface area contributed by atoms with Crippen molar-refractivity contribution in [3.8, 4) is 0 Å². The minimum absolute atomic E-state index is 0.168. The lowest BCUT2D eigenvalue weighted by molar-refractivity contribution is 0.871. The lowest BCUT2D eigenvalue weighted by Crippen LogP contribution is -2.09. The van der Waals surface area contributed by atoms with Gasteiger partial charge in [-0.15, -0.1) is 0 Å². The molecule has 1 atom stereocenters. The van der Waals surface area contributed by atoms with Crippen LogP contribution in [0.4, 0.5) is 17.5 Å². The Balaban J connectivity index is 1.77. The van der Waals surface area contributed by atoms with Crippen LogP contribution in [-0.2, 0) is 0 Å². The highest BCUT2D eigenvalue weighted by molar-refractivity contribution is 9.10. The summed E-state index contributed by atoms with van der Waals surface area (Å²) in [5.74, 6) is 1.39. The second-order valence-corrected chi connectivity index (χ2v) is 6.54. The van der Waals surface area contributed by atoms with Crippen molar-refractivity contribution in [1.82, 2.24) is 9.97 Å². The van der Waals surface area contributed by atoms with Gasteiger partial charge in [-0.3, -0.25) is 0 Å². The van der Waals surface area contributed by atoms with Crippen LogP contribution in [-0.4, -0.2) is 9.97 Å². The zero-order valence-electron chi connectivity index (χ0n) is 13.6. The third-order valence-electron chi connectivity index (χ3n) is 3.62. The fraction of sp³-hybridized carbons (Fsp3) is 0.158. The molecule has 2 N–H and O–H groups in total.